The highest BCUT2D eigenvalue weighted by atomic mass is 32.1. The van der Waals surface area contributed by atoms with E-state index in [-0.39, 0.29) is 38.3 Å². The van der Waals surface area contributed by atoms with Crippen LogP contribution >= 0.6 is 11.3 Å². The summed E-state index contributed by atoms with van der Waals surface area (Å²) in [6.45, 7) is 2.27. The first kappa shape index (κ1) is 30.0. The molecule has 1 aromatic heterocycles. The van der Waals surface area contributed by atoms with E-state index in [1.165, 1.54) is 4.90 Å². The number of nitrogens with one attached hydrogen (secondary N) is 1. The minimum atomic E-state index is -5.08. The predicted molar refractivity (Wildman–Crippen MR) is 129 cm³/mol. The smallest absolute Gasteiger partial charge is 0.479 e. The maximum atomic E-state index is 12.8. The van der Waals surface area contributed by atoms with Crippen LogP contribution < -0.4 is 5.32 Å². The number of carboxylic acid groups (broad SMARTS) is 2. The number of carboxylic acids is 2. The number of hydrogen-bond acceptors (Lipinski definition) is 8. The zero-order chi connectivity index (χ0) is 28.9. The molecule has 11 nitrogen and oxygen atoms in total. The van der Waals surface area contributed by atoms with Gasteiger partial charge in [0.2, 0.25) is 5.91 Å². The fourth-order valence-corrected chi connectivity index (χ4v) is 4.96. The van der Waals surface area contributed by atoms with Gasteiger partial charge in [0, 0.05) is 19.5 Å². The number of thiazole rings is 1. The van der Waals surface area contributed by atoms with Crippen molar-refractivity contribution in [2.45, 2.75) is 63.3 Å². The first-order valence-electron chi connectivity index (χ1n) is 11.7. The van der Waals surface area contributed by atoms with Gasteiger partial charge in [-0.1, -0.05) is 24.3 Å². The number of aliphatic hydroxyl groups is 1. The number of aliphatic carboxylic acids is 2. The topological polar surface area (TPSA) is 166 Å². The quantitative estimate of drug-likeness (QED) is 0.404. The highest BCUT2D eigenvalue weighted by molar-refractivity contribution is 7.13. The molecule has 0 unspecified atom stereocenters. The molecule has 0 aliphatic carbocycles. The standard InChI is InChI=1S/C22H25N3O6S.C2HF3O2/c1-12-19(32-11-24-12)14-4-2-13(3-5-14)9-23-20(27)16-8-15(26)10-25(16)21(28)17-6-7-18(31-17)22(29)30;3-2(4,5)1(6)7/h2-5,11,15-18,26H,6-10H2,1H3,(H,23,27)(H,29,30);(H,6,7)/t15-,16+,17-,18+;/m1./s1. The second kappa shape index (κ2) is 12.5. The SMILES string of the molecule is Cc1ncsc1-c1ccc(CNC(=O)[C@@H]2C[C@@H](O)CN2C(=O)[C@H]2CC[C@@H](C(=O)O)O2)cc1.O=C(O)C(F)(F)F. The van der Waals surface area contributed by atoms with Crippen LogP contribution in [0.15, 0.2) is 29.8 Å². The van der Waals surface area contributed by atoms with E-state index in [2.05, 4.69) is 10.3 Å². The number of halogens is 3. The van der Waals surface area contributed by atoms with Gasteiger partial charge in [0.05, 0.1) is 22.2 Å². The van der Waals surface area contributed by atoms with Crippen LogP contribution in [0.4, 0.5) is 13.2 Å². The Bertz CT molecular complexity index is 1200. The summed E-state index contributed by atoms with van der Waals surface area (Å²) in [6, 6.07) is 7.00. The molecule has 0 saturated carbocycles. The summed E-state index contributed by atoms with van der Waals surface area (Å²) in [5.74, 6) is -4.67. The van der Waals surface area contributed by atoms with E-state index in [1.807, 2.05) is 31.2 Å². The molecule has 2 saturated heterocycles. The molecule has 212 valence electrons. The van der Waals surface area contributed by atoms with Crippen molar-refractivity contribution in [1.82, 2.24) is 15.2 Å². The van der Waals surface area contributed by atoms with E-state index in [9.17, 15) is 32.7 Å². The number of alkyl halides is 3. The molecule has 2 fully saturated rings. The first-order valence-corrected chi connectivity index (χ1v) is 12.6. The molecule has 15 heteroatoms. The van der Waals surface area contributed by atoms with Crippen molar-refractivity contribution in [3.05, 3.63) is 41.0 Å². The molecule has 4 atom stereocenters. The number of amides is 2. The third-order valence-electron chi connectivity index (χ3n) is 6.11. The largest absolute Gasteiger partial charge is 0.490 e. The number of carbonyl (C=O) groups is 4. The number of hydrogen-bond donors (Lipinski definition) is 4. The van der Waals surface area contributed by atoms with Crippen LogP contribution in [0.1, 0.15) is 30.5 Å². The lowest BCUT2D eigenvalue weighted by molar-refractivity contribution is -0.192. The Morgan fingerprint density at radius 2 is 1.74 bits per heavy atom. The number of aromatic nitrogens is 1. The monoisotopic (exact) mass is 573 g/mol. The third-order valence-corrected chi connectivity index (χ3v) is 7.08. The number of aliphatic hydroxyl groups excluding tert-OH is 1. The Balaban J connectivity index is 0.000000532. The van der Waals surface area contributed by atoms with Crippen LogP contribution in [0.5, 0.6) is 0 Å². The summed E-state index contributed by atoms with van der Waals surface area (Å²) < 4.78 is 37.1. The number of nitrogens with zero attached hydrogens (tertiary/aromatic N) is 2. The molecule has 2 aromatic rings. The molecule has 2 aliphatic rings. The molecule has 0 bridgehead atoms. The van der Waals surface area contributed by atoms with Crippen molar-refractivity contribution in [3.8, 4) is 10.4 Å². The van der Waals surface area contributed by atoms with Crippen LogP contribution in [0.3, 0.4) is 0 Å². The van der Waals surface area contributed by atoms with Gasteiger partial charge in [-0.15, -0.1) is 11.3 Å². The molecule has 2 amide bonds. The van der Waals surface area contributed by atoms with Gasteiger partial charge in [-0.2, -0.15) is 13.2 Å². The van der Waals surface area contributed by atoms with E-state index >= 15 is 0 Å². The van der Waals surface area contributed by atoms with Gasteiger partial charge in [0.1, 0.15) is 12.1 Å². The van der Waals surface area contributed by atoms with Crippen molar-refractivity contribution < 1.29 is 52.4 Å². The number of β-amino-alcohol motifs (C(OH)–C–C–N with tert-alkyl or cyclic N) is 1. The molecular weight excluding hydrogens is 547 g/mol. The minimum Gasteiger partial charge on any atom is -0.479 e. The molecule has 39 heavy (non-hydrogen) atoms. The van der Waals surface area contributed by atoms with Crippen molar-refractivity contribution in [1.29, 1.82) is 0 Å². The molecule has 0 spiro atoms. The normalized spacial score (nSPS) is 22.6. The van der Waals surface area contributed by atoms with Gasteiger partial charge < -0.3 is 30.3 Å². The molecule has 3 heterocycles. The minimum absolute atomic E-state index is 0.0252. The van der Waals surface area contributed by atoms with E-state index in [4.69, 9.17) is 19.7 Å². The van der Waals surface area contributed by atoms with E-state index in [0.717, 1.165) is 21.7 Å². The fourth-order valence-electron chi connectivity index (χ4n) is 4.15. The maximum Gasteiger partial charge on any atom is 0.490 e. The second-order valence-electron chi connectivity index (χ2n) is 8.91. The zero-order valence-electron chi connectivity index (χ0n) is 20.6. The number of rotatable bonds is 6. The number of carbonyl (C=O) groups excluding carboxylic acids is 2. The third kappa shape index (κ3) is 7.74. The number of benzene rings is 1. The Morgan fingerprint density at radius 3 is 2.26 bits per heavy atom. The predicted octanol–water partition coefficient (Wildman–Crippen LogP) is 1.96. The summed E-state index contributed by atoms with van der Waals surface area (Å²) in [7, 11) is 0. The van der Waals surface area contributed by atoms with E-state index in [1.54, 1.807) is 16.8 Å². The van der Waals surface area contributed by atoms with Gasteiger partial charge in [-0.3, -0.25) is 9.59 Å². The van der Waals surface area contributed by atoms with Gasteiger partial charge in [-0.25, -0.2) is 14.6 Å². The van der Waals surface area contributed by atoms with Gasteiger partial charge in [0.25, 0.3) is 5.91 Å². The molecule has 4 N–H and O–H groups in total. The molecule has 1 aromatic carbocycles. The lowest BCUT2D eigenvalue weighted by Crippen LogP contribution is -2.49. The second-order valence-corrected chi connectivity index (χ2v) is 9.76. The van der Waals surface area contributed by atoms with Crippen LogP contribution in [-0.2, 0) is 30.5 Å². The van der Waals surface area contributed by atoms with Gasteiger partial charge in [-0.05, 0) is 30.9 Å². The highest BCUT2D eigenvalue weighted by Gasteiger charge is 2.44. The van der Waals surface area contributed by atoms with Crippen molar-refractivity contribution in [2.75, 3.05) is 6.54 Å². The van der Waals surface area contributed by atoms with Crippen molar-refractivity contribution >= 4 is 35.1 Å². The summed E-state index contributed by atoms with van der Waals surface area (Å²) in [4.78, 5) is 52.3. The van der Waals surface area contributed by atoms with Crippen molar-refractivity contribution in [3.63, 3.8) is 0 Å². The molecular formula is C24H26F3N3O8S. The summed E-state index contributed by atoms with van der Waals surface area (Å²) >= 11 is 1.57. The summed E-state index contributed by atoms with van der Waals surface area (Å²) in [6.07, 6.45) is -7.15. The molecule has 0 radical (unpaired) electrons. The van der Waals surface area contributed by atoms with Crippen LogP contribution in [0.25, 0.3) is 10.4 Å². The number of aryl methyl sites for hydroxylation is 1. The average molecular weight is 574 g/mol. The lowest BCUT2D eigenvalue weighted by atomic mass is 10.1. The van der Waals surface area contributed by atoms with E-state index in [0.29, 0.717) is 0 Å². The van der Waals surface area contributed by atoms with Crippen molar-refractivity contribution in [2.24, 2.45) is 0 Å². The van der Waals surface area contributed by atoms with Crippen LogP contribution in [0.2, 0.25) is 0 Å². The summed E-state index contributed by atoms with van der Waals surface area (Å²) in [5, 5.41) is 29.1. The Kier molecular flexibility index (Phi) is 9.63. The van der Waals surface area contributed by atoms with E-state index < -0.39 is 48.4 Å². The number of ether oxygens (including phenoxy) is 1. The van der Waals surface area contributed by atoms with Gasteiger partial charge in [0.15, 0.2) is 6.10 Å². The highest BCUT2D eigenvalue weighted by Crippen LogP contribution is 2.28. The molecule has 4 rings (SSSR count). The molecule has 2 aliphatic heterocycles. The van der Waals surface area contributed by atoms with Gasteiger partial charge >= 0.3 is 18.1 Å². The van der Waals surface area contributed by atoms with Crippen LogP contribution in [0, 0.1) is 6.92 Å². The number of likely N-dealkylation sites (tertiary alicyclic amines) is 1. The Hall–Kier alpha value is -3.56. The fraction of sp³-hybridized carbons (Fsp3) is 0.458. The Morgan fingerprint density at radius 1 is 1.13 bits per heavy atom. The average Bonchev–Trinajstić information content (AvgIpc) is 3.62. The maximum absolute atomic E-state index is 12.8. The Labute approximate surface area is 224 Å². The zero-order valence-corrected chi connectivity index (χ0v) is 21.4. The summed E-state index contributed by atoms with van der Waals surface area (Å²) in [5.41, 5.74) is 4.75. The first-order chi connectivity index (χ1) is 18.3. The van der Waals surface area contributed by atoms with Crippen LogP contribution in [-0.4, -0.2) is 86.0 Å². The lowest BCUT2D eigenvalue weighted by Gasteiger charge is -2.26.